The SMILES string of the molecule is CC/C=C\C/C=C\C/C=C\C/C=C\CCCCCCCCCCCCCCC(=O)OC(COC(=O)CCCCCCCCC)COC(=O)CCCCCCCCCCCCCCCCCCCC/C=C\C/C=C\C/C=C\CCCCCCC. The Balaban J connectivity index is 4.02. The first-order chi connectivity index (χ1) is 41.0. The van der Waals surface area contributed by atoms with E-state index in [2.05, 4.69) is 106 Å². The summed E-state index contributed by atoms with van der Waals surface area (Å²) >= 11 is 0. The second-order valence-electron chi connectivity index (χ2n) is 24.1. The molecule has 6 heteroatoms. The summed E-state index contributed by atoms with van der Waals surface area (Å²) < 4.78 is 16.9. The Labute approximate surface area is 515 Å². The number of unbranched alkanes of at least 4 members (excludes halogenated alkanes) is 41. The van der Waals surface area contributed by atoms with Gasteiger partial charge in [-0.15, -0.1) is 0 Å². The van der Waals surface area contributed by atoms with E-state index in [1.54, 1.807) is 0 Å². The Bertz CT molecular complexity index is 1570. The highest BCUT2D eigenvalue weighted by Gasteiger charge is 2.19. The van der Waals surface area contributed by atoms with Crippen LogP contribution in [0.1, 0.15) is 367 Å². The second-order valence-corrected chi connectivity index (χ2v) is 24.1. The topological polar surface area (TPSA) is 78.9 Å². The molecule has 0 aliphatic carbocycles. The van der Waals surface area contributed by atoms with Crippen LogP contribution in [0.3, 0.4) is 0 Å². The standard InChI is InChI=1S/C77H136O6/c1-4-7-10-13-16-18-20-22-24-26-28-30-32-34-35-36-37-38-39-40-41-43-44-46-48-50-52-54-56-58-61-64-67-70-76(79)82-73-74(72-81-75(78)69-66-63-60-15-12-9-6-3)83-77(80)71-68-65-62-59-57-55-53-51-49-47-45-42-33-31-29-27-25-23-21-19-17-14-11-8-5-2/h8,11,17,19-20,22-23,25-26,28-29,31-32,34,74H,4-7,9-10,12-16,18,21,24,27,30,33,35-73H2,1-3H3/b11-8-,19-17-,22-20-,25-23-,28-26-,31-29-,34-32-. The summed E-state index contributed by atoms with van der Waals surface area (Å²) in [5.74, 6) is -0.863. The van der Waals surface area contributed by atoms with Crippen molar-refractivity contribution in [3.8, 4) is 0 Å². The van der Waals surface area contributed by atoms with Gasteiger partial charge in [0.1, 0.15) is 13.2 Å². The second kappa shape index (κ2) is 71.1. The number of rotatable bonds is 66. The predicted octanol–water partition coefficient (Wildman–Crippen LogP) is 25.0. The minimum absolute atomic E-state index is 0.0726. The molecule has 0 heterocycles. The average Bonchev–Trinajstić information content (AvgIpc) is 3.50. The normalized spacial score (nSPS) is 12.6. The summed E-state index contributed by atoms with van der Waals surface area (Å²) in [6.45, 7) is 6.52. The molecule has 0 saturated heterocycles. The zero-order valence-electron chi connectivity index (χ0n) is 55.2. The molecule has 1 unspecified atom stereocenters. The van der Waals surface area contributed by atoms with Gasteiger partial charge in [0.2, 0.25) is 0 Å². The first kappa shape index (κ1) is 79.6. The Kier molecular flexibility index (Phi) is 68.2. The van der Waals surface area contributed by atoms with Crippen LogP contribution >= 0.6 is 0 Å². The molecule has 0 radical (unpaired) electrons. The van der Waals surface area contributed by atoms with Gasteiger partial charge in [-0.2, -0.15) is 0 Å². The molecular formula is C77H136O6. The zero-order valence-corrected chi connectivity index (χ0v) is 55.2. The third-order valence-electron chi connectivity index (χ3n) is 15.9. The lowest BCUT2D eigenvalue weighted by Gasteiger charge is -2.18. The molecule has 6 nitrogen and oxygen atoms in total. The van der Waals surface area contributed by atoms with Crippen LogP contribution < -0.4 is 0 Å². The van der Waals surface area contributed by atoms with E-state index in [0.717, 1.165) is 96.3 Å². The van der Waals surface area contributed by atoms with E-state index in [4.69, 9.17) is 14.2 Å². The largest absolute Gasteiger partial charge is 0.462 e. The van der Waals surface area contributed by atoms with Crippen molar-refractivity contribution in [2.75, 3.05) is 13.2 Å². The lowest BCUT2D eigenvalue weighted by atomic mass is 10.0. The van der Waals surface area contributed by atoms with Crippen molar-refractivity contribution in [2.24, 2.45) is 0 Å². The average molecular weight is 1160 g/mol. The summed E-state index contributed by atoms with van der Waals surface area (Å²) in [7, 11) is 0. The number of hydrogen-bond acceptors (Lipinski definition) is 6. The van der Waals surface area contributed by atoms with Gasteiger partial charge in [-0.05, 0) is 96.3 Å². The van der Waals surface area contributed by atoms with Crippen molar-refractivity contribution in [2.45, 2.75) is 374 Å². The molecule has 0 amide bonds. The fourth-order valence-electron chi connectivity index (χ4n) is 10.5. The highest BCUT2D eigenvalue weighted by atomic mass is 16.6. The van der Waals surface area contributed by atoms with Gasteiger partial charge in [-0.1, -0.05) is 337 Å². The maximum Gasteiger partial charge on any atom is 0.306 e. The fourth-order valence-corrected chi connectivity index (χ4v) is 10.5. The minimum atomic E-state index is -0.774. The lowest BCUT2D eigenvalue weighted by Crippen LogP contribution is -2.30. The molecule has 0 aliphatic heterocycles. The van der Waals surface area contributed by atoms with Crippen LogP contribution in [0.25, 0.3) is 0 Å². The molecular weight excluding hydrogens is 1020 g/mol. The van der Waals surface area contributed by atoms with Crippen molar-refractivity contribution in [1.29, 1.82) is 0 Å². The first-order valence-corrected chi connectivity index (χ1v) is 36.1. The van der Waals surface area contributed by atoms with E-state index in [-0.39, 0.29) is 31.1 Å². The van der Waals surface area contributed by atoms with E-state index < -0.39 is 6.10 Å². The summed E-state index contributed by atoms with van der Waals surface area (Å²) in [6, 6.07) is 0. The molecule has 0 spiro atoms. The van der Waals surface area contributed by atoms with Crippen molar-refractivity contribution < 1.29 is 28.6 Å². The Morgan fingerprint density at radius 2 is 0.470 bits per heavy atom. The van der Waals surface area contributed by atoms with Crippen LogP contribution in [0.4, 0.5) is 0 Å². The van der Waals surface area contributed by atoms with Crippen LogP contribution in [0.5, 0.6) is 0 Å². The maximum absolute atomic E-state index is 12.9. The Hall–Kier alpha value is -3.41. The number of allylic oxidation sites excluding steroid dienone is 14. The van der Waals surface area contributed by atoms with Gasteiger partial charge >= 0.3 is 17.9 Å². The van der Waals surface area contributed by atoms with Gasteiger partial charge < -0.3 is 14.2 Å². The van der Waals surface area contributed by atoms with Gasteiger partial charge in [0, 0.05) is 19.3 Å². The third-order valence-corrected chi connectivity index (χ3v) is 15.9. The molecule has 1 atom stereocenters. The molecule has 0 saturated carbocycles. The highest BCUT2D eigenvalue weighted by Crippen LogP contribution is 2.18. The number of ether oxygens (including phenoxy) is 3. The van der Waals surface area contributed by atoms with E-state index in [9.17, 15) is 14.4 Å². The van der Waals surface area contributed by atoms with Crippen molar-refractivity contribution in [3.63, 3.8) is 0 Å². The maximum atomic E-state index is 12.9. The molecule has 0 rings (SSSR count). The first-order valence-electron chi connectivity index (χ1n) is 36.1. The molecule has 0 aliphatic rings. The lowest BCUT2D eigenvalue weighted by molar-refractivity contribution is -0.167. The smallest absolute Gasteiger partial charge is 0.306 e. The third kappa shape index (κ3) is 69.3. The molecule has 0 fully saturated rings. The quantitative estimate of drug-likeness (QED) is 0.0261. The van der Waals surface area contributed by atoms with Crippen LogP contribution in [-0.4, -0.2) is 37.2 Å². The predicted molar refractivity (Wildman–Crippen MR) is 362 cm³/mol. The number of carbonyl (C=O) groups excluding carboxylic acids is 3. The molecule has 0 aromatic carbocycles. The highest BCUT2D eigenvalue weighted by molar-refractivity contribution is 5.71. The summed E-state index contributed by atoms with van der Waals surface area (Å²) in [4.78, 5) is 38.2. The van der Waals surface area contributed by atoms with Gasteiger partial charge in [-0.25, -0.2) is 0 Å². The van der Waals surface area contributed by atoms with Crippen LogP contribution in [0, 0.1) is 0 Å². The molecule has 0 aromatic heterocycles. The van der Waals surface area contributed by atoms with Crippen molar-refractivity contribution in [1.82, 2.24) is 0 Å². The van der Waals surface area contributed by atoms with E-state index in [1.165, 1.54) is 231 Å². The minimum Gasteiger partial charge on any atom is -0.462 e. The van der Waals surface area contributed by atoms with Gasteiger partial charge in [0.05, 0.1) is 0 Å². The summed E-state index contributed by atoms with van der Waals surface area (Å²) in [5, 5.41) is 0. The molecule has 83 heavy (non-hydrogen) atoms. The fraction of sp³-hybridized carbons (Fsp3) is 0.779. The number of hydrogen-bond donors (Lipinski definition) is 0. The van der Waals surface area contributed by atoms with E-state index in [1.807, 2.05) is 0 Å². The molecule has 0 N–H and O–H groups in total. The van der Waals surface area contributed by atoms with E-state index in [0.29, 0.717) is 19.3 Å². The van der Waals surface area contributed by atoms with Gasteiger partial charge in [-0.3, -0.25) is 14.4 Å². The monoisotopic (exact) mass is 1160 g/mol. The number of esters is 3. The zero-order chi connectivity index (χ0) is 59.9. The van der Waals surface area contributed by atoms with Crippen LogP contribution in [0.2, 0.25) is 0 Å². The Morgan fingerprint density at radius 3 is 0.735 bits per heavy atom. The van der Waals surface area contributed by atoms with Crippen molar-refractivity contribution >= 4 is 17.9 Å². The van der Waals surface area contributed by atoms with Crippen LogP contribution in [-0.2, 0) is 28.6 Å². The molecule has 480 valence electrons. The van der Waals surface area contributed by atoms with E-state index >= 15 is 0 Å². The van der Waals surface area contributed by atoms with Gasteiger partial charge in [0.25, 0.3) is 0 Å². The Morgan fingerprint density at radius 1 is 0.253 bits per heavy atom. The summed E-state index contributed by atoms with van der Waals surface area (Å²) in [6.07, 6.45) is 95.1. The summed E-state index contributed by atoms with van der Waals surface area (Å²) in [5.41, 5.74) is 0. The molecule has 0 aromatic rings. The van der Waals surface area contributed by atoms with Crippen molar-refractivity contribution in [3.05, 3.63) is 85.1 Å². The molecule has 0 bridgehead atoms. The van der Waals surface area contributed by atoms with Crippen LogP contribution in [0.15, 0.2) is 85.1 Å². The van der Waals surface area contributed by atoms with Gasteiger partial charge in [0.15, 0.2) is 6.10 Å². The number of carbonyl (C=O) groups is 3.